The van der Waals surface area contributed by atoms with E-state index in [-0.39, 0.29) is 5.91 Å². The number of hydrogen-bond donors (Lipinski definition) is 2. The van der Waals surface area contributed by atoms with E-state index >= 15 is 0 Å². The van der Waals surface area contributed by atoms with Gasteiger partial charge in [0.05, 0.1) is 11.3 Å². The molecule has 0 saturated heterocycles. The zero-order valence-electron chi connectivity index (χ0n) is 14.1. The summed E-state index contributed by atoms with van der Waals surface area (Å²) in [6, 6.07) is 14.7. The first kappa shape index (κ1) is 18.2. The Morgan fingerprint density at radius 3 is 2.50 bits per heavy atom. The molecule has 0 aliphatic carbocycles. The Bertz CT molecular complexity index is 927. The number of carbonyl (C=O) groups excluding carboxylic acids is 1. The van der Waals surface area contributed by atoms with Crippen LogP contribution < -0.4 is 10.6 Å². The first-order valence-electron chi connectivity index (χ1n) is 8.02. The van der Waals surface area contributed by atoms with Gasteiger partial charge in [-0.05, 0) is 48.4 Å². The Morgan fingerprint density at radius 1 is 1.00 bits per heavy atom. The molecule has 0 aliphatic rings. The van der Waals surface area contributed by atoms with E-state index in [0.717, 1.165) is 16.8 Å². The van der Waals surface area contributed by atoms with Crippen LogP contribution in [0, 0.1) is 6.92 Å². The van der Waals surface area contributed by atoms with Gasteiger partial charge in [-0.1, -0.05) is 41.4 Å². The number of benzene rings is 2. The van der Waals surface area contributed by atoms with E-state index in [2.05, 4.69) is 15.6 Å². The minimum atomic E-state index is -0.238. The lowest BCUT2D eigenvalue weighted by atomic mass is 10.2. The van der Waals surface area contributed by atoms with Gasteiger partial charge in [0.25, 0.3) is 5.91 Å². The summed E-state index contributed by atoms with van der Waals surface area (Å²) >= 11 is 11.9. The fourth-order valence-electron chi connectivity index (χ4n) is 2.39. The van der Waals surface area contributed by atoms with E-state index in [1.54, 1.807) is 24.4 Å². The van der Waals surface area contributed by atoms with Crippen molar-refractivity contribution in [3.05, 3.63) is 87.7 Å². The second-order valence-corrected chi connectivity index (χ2v) is 6.73. The van der Waals surface area contributed by atoms with Crippen molar-refractivity contribution >= 4 is 40.5 Å². The van der Waals surface area contributed by atoms with Crippen LogP contribution in [0.15, 0.2) is 60.9 Å². The number of anilines is 2. The molecule has 2 aromatic carbocycles. The number of aryl methyl sites for hydroxylation is 1. The monoisotopic (exact) mass is 385 g/mol. The van der Waals surface area contributed by atoms with Crippen LogP contribution in [0.4, 0.5) is 11.4 Å². The Hall–Kier alpha value is -2.56. The fraction of sp³-hybridized carbons (Fsp3) is 0.100. The molecule has 0 fully saturated rings. The van der Waals surface area contributed by atoms with Crippen molar-refractivity contribution in [2.24, 2.45) is 0 Å². The van der Waals surface area contributed by atoms with Crippen molar-refractivity contribution in [3.63, 3.8) is 0 Å². The molecule has 1 heterocycles. The Balaban J connectivity index is 1.69. The molecule has 0 spiro atoms. The van der Waals surface area contributed by atoms with Gasteiger partial charge in [0.15, 0.2) is 0 Å². The highest BCUT2D eigenvalue weighted by molar-refractivity contribution is 6.31. The third kappa shape index (κ3) is 4.75. The fourth-order valence-corrected chi connectivity index (χ4v) is 2.69. The smallest absolute Gasteiger partial charge is 0.257 e. The highest BCUT2D eigenvalue weighted by atomic mass is 35.5. The van der Waals surface area contributed by atoms with E-state index in [0.29, 0.717) is 27.8 Å². The SMILES string of the molecule is Cc1ccc(Cl)cc1NC(=O)c1cncc(NCc2ccc(Cl)cc2)c1. The largest absolute Gasteiger partial charge is 0.380 e. The van der Waals surface area contributed by atoms with E-state index in [9.17, 15) is 4.79 Å². The van der Waals surface area contributed by atoms with Gasteiger partial charge in [-0.15, -0.1) is 0 Å². The second kappa shape index (κ2) is 8.21. The van der Waals surface area contributed by atoms with Gasteiger partial charge in [-0.2, -0.15) is 0 Å². The van der Waals surface area contributed by atoms with Crippen molar-refractivity contribution < 1.29 is 4.79 Å². The number of carbonyl (C=O) groups is 1. The molecule has 3 rings (SSSR count). The number of pyridine rings is 1. The van der Waals surface area contributed by atoms with Crippen LogP contribution >= 0.6 is 23.2 Å². The third-order valence-electron chi connectivity index (χ3n) is 3.86. The zero-order chi connectivity index (χ0) is 18.5. The van der Waals surface area contributed by atoms with E-state index in [1.807, 2.05) is 37.3 Å². The normalized spacial score (nSPS) is 10.4. The first-order chi connectivity index (χ1) is 12.5. The van der Waals surface area contributed by atoms with Crippen LogP contribution in [0.3, 0.4) is 0 Å². The molecule has 3 aromatic rings. The highest BCUT2D eigenvalue weighted by Crippen LogP contribution is 2.21. The second-order valence-electron chi connectivity index (χ2n) is 5.86. The molecule has 0 radical (unpaired) electrons. The predicted molar refractivity (Wildman–Crippen MR) is 107 cm³/mol. The topological polar surface area (TPSA) is 54.0 Å². The molecule has 1 aromatic heterocycles. The molecule has 4 nitrogen and oxygen atoms in total. The zero-order valence-corrected chi connectivity index (χ0v) is 15.6. The maximum absolute atomic E-state index is 12.5. The van der Waals surface area contributed by atoms with Crippen molar-refractivity contribution in [3.8, 4) is 0 Å². The first-order valence-corrected chi connectivity index (χ1v) is 8.78. The summed E-state index contributed by atoms with van der Waals surface area (Å²) in [5, 5.41) is 7.39. The van der Waals surface area contributed by atoms with Crippen LogP contribution in [0.2, 0.25) is 10.0 Å². The van der Waals surface area contributed by atoms with Crippen molar-refractivity contribution in [1.29, 1.82) is 0 Å². The lowest BCUT2D eigenvalue weighted by molar-refractivity contribution is 0.102. The van der Waals surface area contributed by atoms with E-state index in [1.165, 1.54) is 6.20 Å². The molecular formula is C20H17Cl2N3O. The summed E-state index contributed by atoms with van der Waals surface area (Å²) in [6.45, 7) is 2.52. The predicted octanol–water partition coefficient (Wildman–Crippen LogP) is 5.56. The minimum absolute atomic E-state index is 0.238. The number of aromatic nitrogens is 1. The number of rotatable bonds is 5. The molecule has 6 heteroatoms. The maximum Gasteiger partial charge on any atom is 0.257 e. The van der Waals surface area contributed by atoms with Crippen molar-refractivity contribution in [2.45, 2.75) is 13.5 Å². The molecule has 0 bridgehead atoms. The van der Waals surface area contributed by atoms with Gasteiger partial charge in [0.2, 0.25) is 0 Å². The summed E-state index contributed by atoms with van der Waals surface area (Å²) in [5.74, 6) is -0.238. The lowest BCUT2D eigenvalue weighted by Gasteiger charge is -2.10. The van der Waals surface area contributed by atoms with Crippen LogP contribution in [0.1, 0.15) is 21.5 Å². The van der Waals surface area contributed by atoms with Crippen LogP contribution in [0.5, 0.6) is 0 Å². The average molecular weight is 386 g/mol. The average Bonchev–Trinajstić information content (AvgIpc) is 2.64. The molecule has 132 valence electrons. The molecule has 0 aliphatic heterocycles. The quantitative estimate of drug-likeness (QED) is 0.604. The summed E-state index contributed by atoms with van der Waals surface area (Å²) in [6.07, 6.45) is 3.21. The molecule has 1 amide bonds. The molecule has 0 saturated carbocycles. The Kier molecular flexibility index (Phi) is 5.76. The molecule has 0 unspecified atom stereocenters. The molecule has 2 N–H and O–H groups in total. The number of amides is 1. The van der Waals surface area contributed by atoms with Crippen molar-refractivity contribution in [1.82, 2.24) is 4.98 Å². The van der Waals surface area contributed by atoms with Gasteiger partial charge in [0.1, 0.15) is 0 Å². The van der Waals surface area contributed by atoms with Gasteiger partial charge in [-0.3, -0.25) is 9.78 Å². The van der Waals surface area contributed by atoms with Gasteiger partial charge < -0.3 is 10.6 Å². The minimum Gasteiger partial charge on any atom is -0.380 e. The molecular weight excluding hydrogens is 369 g/mol. The van der Waals surface area contributed by atoms with Crippen molar-refractivity contribution in [2.75, 3.05) is 10.6 Å². The Labute approximate surface area is 162 Å². The molecule has 0 atom stereocenters. The number of halogens is 2. The van der Waals surface area contributed by atoms with Crippen LogP contribution in [-0.2, 0) is 6.54 Å². The van der Waals surface area contributed by atoms with Crippen LogP contribution in [-0.4, -0.2) is 10.9 Å². The number of nitrogens with one attached hydrogen (secondary N) is 2. The third-order valence-corrected chi connectivity index (χ3v) is 4.35. The van der Waals surface area contributed by atoms with E-state index in [4.69, 9.17) is 23.2 Å². The summed E-state index contributed by atoms with van der Waals surface area (Å²) < 4.78 is 0. The standard InChI is InChI=1S/C20H17Cl2N3O/c1-13-2-5-17(22)9-19(13)25-20(26)15-8-18(12-23-11-15)24-10-14-3-6-16(21)7-4-14/h2-9,11-12,24H,10H2,1H3,(H,25,26). The number of nitrogens with zero attached hydrogens (tertiary/aromatic N) is 1. The summed E-state index contributed by atoms with van der Waals surface area (Å²) in [5.41, 5.74) is 3.93. The lowest BCUT2D eigenvalue weighted by Crippen LogP contribution is -2.13. The molecule has 26 heavy (non-hydrogen) atoms. The van der Waals surface area contributed by atoms with E-state index < -0.39 is 0 Å². The number of hydrogen-bond acceptors (Lipinski definition) is 3. The van der Waals surface area contributed by atoms with Gasteiger partial charge >= 0.3 is 0 Å². The maximum atomic E-state index is 12.5. The van der Waals surface area contributed by atoms with Gasteiger partial charge in [-0.25, -0.2) is 0 Å². The summed E-state index contributed by atoms with van der Waals surface area (Å²) in [7, 11) is 0. The highest BCUT2D eigenvalue weighted by Gasteiger charge is 2.09. The summed E-state index contributed by atoms with van der Waals surface area (Å²) in [4.78, 5) is 16.6. The van der Waals surface area contributed by atoms with Gasteiger partial charge in [0, 0.05) is 34.7 Å². The van der Waals surface area contributed by atoms with Crippen LogP contribution in [0.25, 0.3) is 0 Å². The Morgan fingerprint density at radius 2 is 1.73 bits per heavy atom.